The van der Waals surface area contributed by atoms with Crippen LogP contribution >= 0.6 is 23.2 Å². The van der Waals surface area contributed by atoms with Gasteiger partial charge >= 0.3 is 0 Å². The van der Waals surface area contributed by atoms with Crippen molar-refractivity contribution in [1.29, 1.82) is 0 Å². The van der Waals surface area contributed by atoms with E-state index in [4.69, 9.17) is 23.2 Å². The standard InChI is InChI=1S/C15H21Cl2NO/c1-5-10(3)18(6-2)11(4)15(19)13-8-7-12(16)9-14(13)17/h7-11H,5-6H2,1-4H3. The Kier molecular flexibility index (Phi) is 6.31. The number of hydrogen-bond acceptors (Lipinski definition) is 2. The molecule has 1 aromatic rings. The van der Waals surface area contributed by atoms with Gasteiger partial charge in [-0.2, -0.15) is 0 Å². The smallest absolute Gasteiger partial charge is 0.181 e. The minimum absolute atomic E-state index is 0.0452. The van der Waals surface area contributed by atoms with Crippen LogP contribution in [0, 0.1) is 0 Å². The predicted octanol–water partition coefficient (Wildman–Crippen LogP) is 4.69. The van der Waals surface area contributed by atoms with Crippen molar-refractivity contribution in [2.45, 2.75) is 46.2 Å². The predicted molar refractivity (Wildman–Crippen MR) is 82.4 cm³/mol. The first-order chi connectivity index (χ1) is 8.92. The van der Waals surface area contributed by atoms with Crippen molar-refractivity contribution in [2.24, 2.45) is 0 Å². The van der Waals surface area contributed by atoms with Gasteiger partial charge in [-0.1, -0.05) is 37.0 Å². The summed E-state index contributed by atoms with van der Waals surface area (Å²) in [6, 6.07) is 5.21. The highest BCUT2D eigenvalue weighted by Gasteiger charge is 2.25. The van der Waals surface area contributed by atoms with Crippen LogP contribution in [0.25, 0.3) is 0 Å². The van der Waals surface area contributed by atoms with Crippen molar-refractivity contribution >= 4 is 29.0 Å². The number of carbonyl (C=O) groups excluding carboxylic acids is 1. The van der Waals surface area contributed by atoms with Crippen LogP contribution in [0.3, 0.4) is 0 Å². The number of halogens is 2. The molecule has 0 aliphatic heterocycles. The van der Waals surface area contributed by atoms with Gasteiger partial charge in [0.05, 0.1) is 11.1 Å². The molecule has 1 rings (SSSR count). The van der Waals surface area contributed by atoms with Gasteiger partial charge in [0.1, 0.15) is 0 Å². The third-order valence-electron chi connectivity index (χ3n) is 3.60. The topological polar surface area (TPSA) is 20.3 Å². The van der Waals surface area contributed by atoms with E-state index in [0.717, 1.165) is 13.0 Å². The summed E-state index contributed by atoms with van der Waals surface area (Å²) < 4.78 is 0. The Morgan fingerprint density at radius 1 is 1.26 bits per heavy atom. The Morgan fingerprint density at radius 2 is 1.89 bits per heavy atom. The Hall–Kier alpha value is -0.570. The number of hydrogen-bond donors (Lipinski definition) is 0. The normalized spacial score (nSPS) is 14.5. The zero-order chi connectivity index (χ0) is 14.6. The maximum Gasteiger partial charge on any atom is 0.181 e. The molecule has 2 nitrogen and oxygen atoms in total. The molecule has 0 bridgehead atoms. The molecule has 0 N–H and O–H groups in total. The Balaban J connectivity index is 2.98. The van der Waals surface area contributed by atoms with Gasteiger partial charge in [-0.3, -0.25) is 9.69 Å². The Labute approximate surface area is 125 Å². The van der Waals surface area contributed by atoms with Crippen LogP contribution in [-0.4, -0.2) is 29.3 Å². The molecule has 1 aromatic carbocycles. The molecule has 0 radical (unpaired) electrons. The van der Waals surface area contributed by atoms with Gasteiger partial charge in [0, 0.05) is 16.6 Å². The highest BCUT2D eigenvalue weighted by molar-refractivity contribution is 6.37. The molecule has 4 heteroatoms. The molecule has 0 heterocycles. The maximum atomic E-state index is 12.5. The van der Waals surface area contributed by atoms with Crippen LogP contribution in [0.2, 0.25) is 10.0 Å². The average Bonchev–Trinajstić information content (AvgIpc) is 2.38. The van der Waals surface area contributed by atoms with Crippen molar-refractivity contribution < 1.29 is 4.79 Å². The van der Waals surface area contributed by atoms with Crippen LogP contribution in [0.5, 0.6) is 0 Å². The molecule has 19 heavy (non-hydrogen) atoms. The van der Waals surface area contributed by atoms with E-state index in [1.54, 1.807) is 18.2 Å². The maximum absolute atomic E-state index is 12.5. The average molecular weight is 302 g/mol. The lowest BCUT2D eigenvalue weighted by molar-refractivity contribution is 0.0782. The minimum Gasteiger partial charge on any atom is -0.292 e. The number of benzene rings is 1. The molecular formula is C15H21Cl2NO. The summed E-state index contributed by atoms with van der Waals surface area (Å²) in [5, 5.41) is 0.966. The fourth-order valence-electron chi connectivity index (χ4n) is 2.27. The van der Waals surface area contributed by atoms with Gasteiger partial charge in [-0.05, 0) is 45.0 Å². The second kappa shape index (κ2) is 7.28. The van der Waals surface area contributed by atoms with E-state index in [1.807, 2.05) is 6.92 Å². The molecule has 0 fully saturated rings. The number of likely N-dealkylation sites (N-methyl/N-ethyl adjacent to an activating group) is 1. The Morgan fingerprint density at radius 3 is 2.37 bits per heavy atom. The van der Waals surface area contributed by atoms with Crippen LogP contribution < -0.4 is 0 Å². The molecule has 0 saturated heterocycles. The minimum atomic E-state index is -0.182. The molecule has 106 valence electrons. The van der Waals surface area contributed by atoms with Crippen molar-refractivity contribution in [3.8, 4) is 0 Å². The third kappa shape index (κ3) is 3.95. The summed E-state index contributed by atoms with van der Waals surface area (Å²) in [5.74, 6) is 0.0452. The molecular weight excluding hydrogens is 281 g/mol. The zero-order valence-electron chi connectivity index (χ0n) is 11.9. The summed E-state index contributed by atoms with van der Waals surface area (Å²) in [4.78, 5) is 14.7. The molecule has 2 atom stereocenters. The molecule has 0 saturated carbocycles. The first-order valence-corrected chi connectivity index (χ1v) is 7.42. The van der Waals surface area contributed by atoms with E-state index in [9.17, 15) is 4.79 Å². The van der Waals surface area contributed by atoms with Gasteiger partial charge in [0.15, 0.2) is 5.78 Å². The van der Waals surface area contributed by atoms with E-state index < -0.39 is 0 Å². The van der Waals surface area contributed by atoms with Crippen LogP contribution in [0.4, 0.5) is 0 Å². The highest BCUT2D eigenvalue weighted by Crippen LogP contribution is 2.24. The second-order valence-corrected chi connectivity index (χ2v) is 5.60. The van der Waals surface area contributed by atoms with Crippen LogP contribution in [-0.2, 0) is 0 Å². The van der Waals surface area contributed by atoms with E-state index in [0.29, 0.717) is 21.7 Å². The summed E-state index contributed by atoms with van der Waals surface area (Å²) in [7, 11) is 0. The lowest BCUT2D eigenvalue weighted by Gasteiger charge is -2.32. The quantitative estimate of drug-likeness (QED) is 0.711. The lowest BCUT2D eigenvalue weighted by Crippen LogP contribution is -2.44. The van der Waals surface area contributed by atoms with Crippen LogP contribution in [0.1, 0.15) is 44.5 Å². The van der Waals surface area contributed by atoms with E-state index in [1.165, 1.54) is 0 Å². The molecule has 0 spiro atoms. The summed E-state index contributed by atoms with van der Waals surface area (Å²) >= 11 is 12.0. The largest absolute Gasteiger partial charge is 0.292 e. The fraction of sp³-hybridized carbons (Fsp3) is 0.533. The van der Waals surface area contributed by atoms with Crippen molar-refractivity contribution in [2.75, 3.05) is 6.54 Å². The number of Topliss-reactive ketones (excluding diaryl/α,β-unsaturated/α-hetero) is 1. The molecule has 0 aliphatic rings. The lowest BCUT2D eigenvalue weighted by atomic mass is 10.0. The third-order valence-corrected chi connectivity index (χ3v) is 4.14. The number of carbonyl (C=O) groups is 1. The van der Waals surface area contributed by atoms with Gasteiger partial charge in [0.25, 0.3) is 0 Å². The SMILES string of the molecule is CCC(C)N(CC)C(C)C(=O)c1ccc(Cl)cc1Cl. The van der Waals surface area contributed by atoms with Gasteiger partial charge in [-0.15, -0.1) is 0 Å². The van der Waals surface area contributed by atoms with E-state index >= 15 is 0 Å². The number of ketones is 1. The van der Waals surface area contributed by atoms with Crippen molar-refractivity contribution in [1.82, 2.24) is 4.90 Å². The van der Waals surface area contributed by atoms with Gasteiger partial charge in [0.2, 0.25) is 0 Å². The van der Waals surface area contributed by atoms with Crippen LogP contribution in [0.15, 0.2) is 18.2 Å². The zero-order valence-corrected chi connectivity index (χ0v) is 13.4. The first kappa shape index (κ1) is 16.5. The molecule has 0 aliphatic carbocycles. The monoisotopic (exact) mass is 301 g/mol. The highest BCUT2D eigenvalue weighted by atomic mass is 35.5. The molecule has 0 amide bonds. The molecule has 2 unspecified atom stereocenters. The van der Waals surface area contributed by atoms with E-state index in [2.05, 4.69) is 25.7 Å². The first-order valence-electron chi connectivity index (χ1n) is 6.67. The second-order valence-electron chi connectivity index (χ2n) is 4.75. The van der Waals surface area contributed by atoms with Gasteiger partial charge in [-0.25, -0.2) is 0 Å². The number of nitrogens with zero attached hydrogens (tertiary/aromatic N) is 1. The summed E-state index contributed by atoms with van der Waals surface area (Å²) in [6.07, 6.45) is 1.01. The number of rotatable bonds is 6. The van der Waals surface area contributed by atoms with Crippen molar-refractivity contribution in [3.05, 3.63) is 33.8 Å². The van der Waals surface area contributed by atoms with E-state index in [-0.39, 0.29) is 11.8 Å². The molecule has 0 aromatic heterocycles. The summed E-state index contributed by atoms with van der Waals surface area (Å²) in [6.45, 7) is 9.10. The fourth-order valence-corrected chi connectivity index (χ4v) is 2.77. The Bertz CT molecular complexity index is 448. The van der Waals surface area contributed by atoms with Crippen molar-refractivity contribution in [3.63, 3.8) is 0 Å². The summed E-state index contributed by atoms with van der Waals surface area (Å²) in [5.41, 5.74) is 0.542. The van der Waals surface area contributed by atoms with Gasteiger partial charge < -0.3 is 0 Å².